The van der Waals surface area contributed by atoms with Crippen molar-refractivity contribution in [3.63, 3.8) is 0 Å². The average molecular weight is 239 g/mol. The van der Waals surface area contributed by atoms with Crippen molar-refractivity contribution in [2.24, 2.45) is 0 Å². The van der Waals surface area contributed by atoms with Crippen LogP contribution in [0.4, 0.5) is 0 Å². The van der Waals surface area contributed by atoms with Crippen LogP contribution in [0, 0.1) is 11.8 Å². The standard InChI is InChI=1S/C9H9N3OS2/c1-4-6(7-11-12-9(14)13-7)15-8(10-4)5-2-3-5/h5H,2-3H2,1H3,(H,12,14). The zero-order valence-corrected chi connectivity index (χ0v) is 9.74. The van der Waals surface area contributed by atoms with Gasteiger partial charge in [-0.15, -0.1) is 16.4 Å². The Morgan fingerprint density at radius 2 is 2.33 bits per heavy atom. The molecule has 2 aromatic heterocycles. The minimum absolute atomic E-state index is 0.311. The predicted molar refractivity (Wildman–Crippen MR) is 59.5 cm³/mol. The Hall–Kier alpha value is -1.01. The smallest absolute Gasteiger partial charge is 0.284 e. The first kappa shape index (κ1) is 9.23. The molecule has 3 rings (SSSR count). The number of aromatic amines is 1. The van der Waals surface area contributed by atoms with E-state index in [2.05, 4.69) is 15.2 Å². The lowest BCUT2D eigenvalue weighted by Crippen LogP contribution is -1.78. The molecule has 0 spiro atoms. The number of hydrogen-bond donors (Lipinski definition) is 1. The lowest BCUT2D eigenvalue weighted by atomic mass is 10.4. The number of H-pyrrole nitrogens is 1. The summed E-state index contributed by atoms with van der Waals surface area (Å²) < 4.78 is 5.28. The van der Waals surface area contributed by atoms with Gasteiger partial charge in [-0.05, 0) is 32.0 Å². The normalized spacial score (nSPS) is 15.8. The Balaban J connectivity index is 2.07. The van der Waals surface area contributed by atoms with Crippen LogP contribution in [-0.4, -0.2) is 15.2 Å². The Kier molecular flexibility index (Phi) is 2.00. The van der Waals surface area contributed by atoms with Gasteiger partial charge in [0.1, 0.15) is 4.88 Å². The molecule has 15 heavy (non-hydrogen) atoms. The van der Waals surface area contributed by atoms with Crippen LogP contribution in [0.2, 0.25) is 0 Å². The first-order valence-corrected chi connectivity index (χ1v) is 5.99. The topological polar surface area (TPSA) is 54.7 Å². The van der Waals surface area contributed by atoms with Gasteiger partial charge in [0, 0.05) is 5.92 Å². The summed E-state index contributed by atoms with van der Waals surface area (Å²) >= 11 is 6.51. The highest BCUT2D eigenvalue weighted by Crippen LogP contribution is 2.44. The molecule has 0 amide bonds. The monoisotopic (exact) mass is 239 g/mol. The molecule has 0 saturated heterocycles. The van der Waals surface area contributed by atoms with Crippen molar-refractivity contribution < 1.29 is 4.42 Å². The van der Waals surface area contributed by atoms with E-state index in [-0.39, 0.29) is 0 Å². The predicted octanol–water partition coefficient (Wildman–Crippen LogP) is 3.04. The van der Waals surface area contributed by atoms with Crippen LogP contribution < -0.4 is 0 Å². The third-order valence-corrected chi connectivity index (χ3v) is 3.85. The van der Waals surface area contributed by atoms with Gasteiger partial charge in [0.2, 0.25) is 0 Å². The molecule has 2 heterocycles. The molecule has 2 aromatic rings. The Labute approximate surface area is 95.4 Å². The molecule has 0 unspecified atom stereocenters. The molecular weight excluding hydrogens is 230 g/mol. The van der Waals surface area contributed by atoms with E-state index < -0.39 is 0 Å². The number of aromatic nitrogens is 3. The highest BCUT2D eigenvalue weighted by atomic mass is 32.1. The van der Waals surface area contributed by atoms with Gasteiger partial charge in [-0.2, -0.15) is 0 Å². The fourth-order valence-corrected chi connectivity index (χ4v) is 2.73. The quantitative estimate of drug-likeness (QED) is 0.818. The molecule has 1 aliphatic carbocycles. The number of thiazole rings is 1. The highest BCUT2D eigenvalue weighted by molar-refractivity contribution is 7.71. The van der Waals surface area contributed by atoms with Crippen LogP contribution in [0.15, 0.2) is 4.42 Å². The zero-order valence-electron chi connectivity index (χ0n) is 8.11. The maximum atomic E-state index is 5.28. The fourth-order valence-electron chi connectivity index (χ4n) is 1.45. The molecule has 1 aliphatic rings. The summed E-state index contributed by atoms with van der Waals surface area (Å²) in [6.07, 6.45) is 2.52. The van der Waals surface area contributed by atoms with Crippen molar-refractivity contribution in [2.75, 3.05) is 0 Å². The summed E-state index contributed by atoms with van der Waals surface area (Å²) in [5, 5.41) is 7.84. The van der Waals surface area contributed by atoms with E-state index in [1.807, 2.05) is 6.92 Å². The third-order valence-electron chi connectivity index (χ3n) is 2.37. The maximum absolute atomic E-state index is 5.28. The molecule has 6 heteroatoms. The van der Waals surface area contributed by atoms with Gasteiger partial charge in [-0.1, -0.05) is 0 Å². The molecule has 0 bridgehead atoms. The van der Waals surface area contributed by atoms with Gasteiger partial charge in [-0.3, -0.25) is 0 Å². The fraction of sp³-hybridized carbons (Fsp3) is 0.444. The lowest BCUT2D eigenvalue weighted by molar-refractivity contribution is 0.553. The molecule has 1 N–H and O–H groups in total. The third kappa shape index (κ3) is 1.63. The van der Waals surface area contributed by atoms with Crippen molar-refractivity contribution in [3.8, 4) is 10.8 Å². The van der Waals surface area contributed by atoms with E-state index in [0.717, 1.165) is 10.6 Å². The maximum Gasteiger partial charge on any atom is 0.284 e. The van der Waals surface area contributed by atoms with Crippen LogP contribution in [0.3, 0.4) is 0 Å². The van der Waals surface area contributed by atoms with Crippen molar-refractivity contribution >= 4 is 23.6 Å². The summed E-state index contributed by atoms with van der Waals surface area (Å²) in [6.45, 7) is 1.98. The minimum atomic E-state index is 0.311. The average Bonchev–Trinajstić information content (AvgIpc) is 2.86. The zero-order chi connectivity index (χ0) is 10.4. The second-order valence-electron chi connectivity index (χ2n) is 3.66. The summed E-state index contributed by atoms with van der Waals surface area (Å²) in [7, 11) is 0. The van der Waals surface area contributed by atoms with Crippen molar-refractivity contribution in [1.82, 2.24) is 15.2 Å². The van der Waals surface area contributed by atoms with Gasteiger partial charge in [0.25, 0.3) is 10.7 Å². The molecule has 0 radical (unpaired) electrons. The number of hydrogen-bond acceptors (Lipinski definition) is 5. The van der Waals surface area contributed by atoms with Crippen LogP contribution in [0.25, 0.3) is 10.8 Å². The van der Waals surface area contributed by atoms with E-state index in [4.69, 9.17) is 16.6 Å². The van der Waals surface area contributed by atoms with Gasteiger partial charge >= 0.3 is 0 Å². The minimum Gasteiger partial charge on any atom is -0.408 e. The SMILES string of the molecule is Cc1nc(C2CC2)sc1-c1n[nH]c(=S)o1. The van der Waals surface area contributed by atoms with Crippen LogP contribution in [0.5, 0.6) is 0 Å². The number of nitrogens with zero attached hydrogens (tertiary/aromatic N) is 2. The summed E-state index contributed by atoms with van der Waals surface area (Å²) in [4.78, 5) is 5.83. The van der Waals surface area contributed by atoms with E-state index in [0.29, 0.717) is 16.6 Å². The number of rotatable bonds is 2. The molecule has 78 valence electrons. The van der Waals surface area contributed by atoms with E-state index in [1.54, 1.807) is 11.3 Å². The van der Waals surface area contributed by atoms with Crippen molar-refractivity contribution in [2.45, 2.75) is 25.7 Å². The van der Waals surface area contributed by atoms with E-state index >= 15 is 0 Å². The Bertz CT molecular complexity index is 550. The van der Waals surface area contributed by atoms with Crippen LogP contribution >= 0.6 is 23.6 Å². The Morgan fingerprint density at radius 3 is 2.93 bits per heavy atom. The van der Waals surface area contributed by atoms with Crippen molar-refractivity contribution in [1.29, 1.82) is 0 Å². The van der Waals surface area contributed by atoms with Gasteiger partial charge < -0.3 is 4.42 Å². The first-order chi connectivity index (χ1) is 7.24. The van der Waals surface area contributed by atoms with Gasteiger partial charge in [0.05, 0.1) is 10.7 Å². The molecule has 0 aromatic carbocycles. The molecule has 4 nitrogen and oxygen atoms in total. The lowest BCUT2D eigenvalue weighted by Gasteiger charge is -1.86. The molecule has 1 fully saturated rings. The first-order valence-electron chi connectivity index (χ1n) is 4.77. The number of nitrogens with one attached hydrogen (secondary N) is 1. The second kappa shape index (κ2) is 3.24. The van der Waals surface area contributed by atoms with E-state index in [9.17, 15) is 0 Å². The highest BCUT2D eigenvalue weighted by Gasteiger charge is 2.28. The molecular formula is C9H9N3OS2. The summed E-state index contributed by atoms with van der Waals surface area (Å²) in [5.41, 5.74) is 0.979. The van der Waals surface area contributed by atoms with Gasteiger partial charge in [-0.25, -0.2) is 10.1 Å². The van der Waals surface area contributed by atoms with Crippen LogP contribution in [-0.2, 0) is 0 Å². The van der Waals surface area contributed by atoms with Gasteiger partial charge in [0.15, 0.2) is 0 Å². The summed E-state index contributed by atoms with van der Waals surface area (Å²) in [6, 6.07) is 0. The molecule has 1 saturated carbocycles. The second-order valence-corrected chi connectivity index (χ2v) is 5.06. The number of aryl methyl sites for hydroxylation is 1. The largest absolute Gasteiger partial charge is 0.408 e. The van der Waals surface area contributed by atoms with Crippen LogP contribution in [0.1, 0.15) is 29.5 Å². The molecule has 0 atom stereocenters. The molecule has 0 aliphatic heterocycles. The summed E-state index contributed by atoms with van der Waals surface area (Å²) in [5.74, 6) is 1.23. The van der Waals surface area contributed by atoms with Crippen molar-refractivity contribution in [3.05, 3.63) is 15.5 Å². The van der Waals surface area contributed by atoms with E-state index in [1.165, 1.54) is 17.8 Å². The Morgan fingerprint density at radius 1 is 1.53 bits per heavy atom.